The van der Waals surface area contributed by atoms with E-state index in [1.807, 2.05) is 24.3 Å². The van der Waals surface area contributed by atoms with Crippen molar-refractivity contribution in [3.8, 4) is 22.6 Å². The first-order valence-corrected chi connectivity index (χ1v) is 10.8. The first-order chi connectivity index (χ1) is 16.5. The highest BCUT2D eigenvalue weighted by Gasteiger charge is 2.15. The van der Waals surface area contributed by atoms with Crippen molar-refractivity contribution in [2.45, 2.75) is 0 Å². The molecule has 0 saturated heterocycles. The van der Waals surface area contributed by atoms with Gasteiger partial charge in [0, 0.05) is 22.2 Å². The molecular formula is C27H17ClN2O4. The molecule has 0 atom stereocenters. The lowest BCUT2D eigenvalue weighted by Crippen LogP contribution is -2.10. The molecule has 2 N–H and O–H groups in total. The molecule has 0 saturated carbocycles. The van der Waals surface area contributed by atoms with Crippen LogP contribution in [0.5, 0.6) is 0 Å². The molecule has 34 heavy (non-hydrogen) atoms. The molecule has 3 aromatic carbocycles. The van der Waals surface area contributed by atoms with E-state index < -0.39 is 11.9 Å². The normalized spacial score (nSPS) is 10.9. The van der Waals surface area contributed by atoms with Crippen LogP contribution in [0, 0.1) is 0 Å². The van der Waals surface area contributed by atoms with E-state index in [4.69, 9.17) is 16.0 Å². The van der Waals surface area contributed by atoms with Crippen LogP contribution < -0.4 is 5.32 Å². The molecule has 1 amide bonds. The highest BCUT2D eigenvalue weighted by atomic mass is 35.5. The van der Waals surface area contributed by atoms with E-state index in [0.717, 1.165) is 5.56 Å². The molecule has 5 aromatic rings. The summed E-state index contributed by atoms with van der Waals surface area (Å²) in [6, 6.07) is 26.2. The molecule has 0 bridgehead atoms. The number of hydrogen-bond acceptors (Lipinski definition) is 4. The molecule has 6 nitrogen and oxygen atoms in total. The van der Waals surface area contributed by atoms with Gasteiger partial charge in [0.2, 0.25) is 0 Å². The van der Waals surface area contributed by atoms with E-state index >= 15 is 0 Å². The first kappa shape index (κ1) is 21.4. The Kier molecular flexibility index (Phi) is 5.57. The van der Waals surface area contributed by atoms with Gasteiger partial charge in [-0.3, -0.25) is 4.79 Å². The van der Waals surface area contributed by atoms with Crippen molar-refractivity contribution in [2.24, 2.45) is 0 Å². The maximum atomic E-state index is 12.6. The third-order valence-electron chi connectivity index (χ3n) is 5.35. The molecule has 0 radical (unpaired) electrons. The molecule has 7 heteroatoms. The van der Waals surface area contributed by atoms with Gasteiger partial charge in [-0.25, -0.2) is 9.78 Å². The number of benzene rings is 3. The Balaban J connectivity index is 1.37. The van der Waals surface area contributed by atoms with Gasteiger partial charge >= 0.3 is 5.97 Å². The van der Waals surface area contributed by atoms with E-state index in [1.165, 1.54) is 0 Å². The van der Waals surface area contributed by atoms with E-state index in [9.17, 15) is 14.7 Å². The van der Waals surface area contributed by atoms with Crippen molar-refractivity contribution in [1.29, 1.82) is 0 Å². The largest absolute Gasteiger partial charge is 0.478 e. The van der Waals surface area contributed by atoms with Crippen LogP contribution in [0.25, 0.3) is 33.5 Å². The smallest absolute Gasteiger partial charge is 0.336 e. The summed E-state index contributed by atoms with van der Waals surface area (Å²) < 4.78 is 5.69. The zero-order chi connectivity index (χ0) is 23.7. The van der Waals surface area contributed by atoms with Gasteiger partial charge in [0.05, 0.1) is 21.8 Å². The summed E-state index contributed by atoms with van der Waals surface area (Å²) in [5.74, 6) is -0.759. The second-order valence-corrected chi connectivity index (χ2v) is 7.96. The average molecular weight is 469 g/mol. The van der Waals surface area contributed by atoms with Gasteiger partial charge in [0.15, 0.2) is 5.76 Å². The molecule has 5 rings (SSSR count). The lowest BCUT2D eigenvalue weighted by Gasteiger charge is -2.08. The van der Waals surface area contributed by atoms with Crippen molar-refractivity contribution in [2.75, 3.05) is 5.32 Å². The highest BCUT2D eigenvalue weighted by molar-refractivity contribution is 6.33. The third-order valence-corrected chi connectivity index (χ3v) is 5.68. The summed E-state index contributed by atoms with van der Waals surface area (Å²) in [6.07, 6.45) is 0. The molecule has 0 aliphatic rings. The minimum atomic E-state index is -1.02. The topological polar surface area (TPSA) is 92.4 Å². The number of para-hydroxylation sites is 1. The zero-order valence-corrected chi connectivity index (χ0v) is 18.4. The fourth-order valence-electron chi connectivity index (χ4n) is 3.68. The number of aromatic carboxylic acids is 1. The number of amides is 1. The van der Waals surface area contributed by atoms with Crippen molar-refractivity contribution in [1.82, 2.24) is 4.98 Å². The van der Waals surface area contributed by atoms with Gasteiger partial charge in [0.25, 0.3) is 5.91 Å². The van der Waals surface area contributed by atoms with Gasteiger partial charge in [0.1, 0.15) is 5.76 Å². The van der Waals surface area contributed by atoms with Crippen LogP contribution in [0.15, 0.2) is 95.4 Å². The van der Waals surface area contributed by atoms with Crippen molar-refractivity contribution < 1.29 is 19.1 Å². The number of nitrogens with zero attached hydrogens (tertiary/aromatic N) is 1. The maximum absolute atomic E-state index is 12.6. The average Bonchev–Trinajstić information content (AvgIpc) is 3.34. The summed E-state index contributed by atoms with van der Waals surface area (Å²) in [5, 5.41) is 13.5. The van der Waals surface area contributed by atoms with Crippen LogP contribution in [-0.4, -0.2) is 22.0 Å². The van der Waals surface area contributed by atoms with Crippen LogP contribution in [0.1, 0.15) is 20.9 Å². The van der Waals surface area contributed by atoms with E-state index in [0.29, 0.717) is 38.6 Å². The Labute approximate surface area is 199 Å². The van der Waals surface area contributed by atoms with Crippen molar-refractivity contribution >= 4 is 40.1 Å². The van der Waals surface area contributed by atoms with Gasteiger partial charge in [-0.05, 0) is 48.5 Å². The second kappa shape index (κ2) is 8.84. The van der Waals surface area contributed by atoms with Gasteiger partial charge in [-0.1, -0.05) is 54.1 Å². The minimum absolute atomic E-state index is 0.154. The standard InChI is InChI=1S/C27H17ClN2O4/c28-21-7-3-1-6-19(21)24-13-14-25(34-24)26(31)29-17-11-9-16(10-12-17)23-15-20(27(32)33)18-5-2-4-8-22(18)30-23/h1-15H,(H,29,31)(H,32,33). The van der Waals surface area contributed by atoms with Crippen LogP contribution >= 0.6 is 11.6 Å². The van der Waals surface area contributed by atoms with E-state index in [-0.39, 0.29) is 11.3 Å². The first-order valence-electron chi connectivity index (χ1n) is 10.4. The molecule has 166 valence electrons. The summed E-state index contributed by atoms with van der Waals surface area (Å²) >= 11 is 6.20. The van der Waals surface area contributed by atoms with Gasteiger partial charge in [-0.15, -0.1) is 0 Å². The number of carboxylic acid groups (broad SMARTS) is 1. The van der Waals surface area contributed by atoms with Crippen LogP contribution in [0.2, 0.25) is 5.02 Å². The number of aromatic nitrogens is 1. The lowest BCUT2D eigenvalue weighted by molar-refractivity contribution is 0.0698. The predicted octanol–water partition coefficient (Wildman–Crippen LogP) is 6.77. The SMILES string of the molecule is O=C(Nc1ccc(-c2cc(C(=O)O)c3ccccc3n2)cc1)c1ccc(-c2ccccc2Cl)o1. The number of halogens is 1. The van der Waals surface area contributed by atoms with Gasteiger partial charge < -0.3 is 14.8 Å². The lowest BCUT2D eigenvalue weighted by atomic mass is 10.0. The quantitative estimate of drug-likeness (QED) is 0.297. The fourth-order valence-corrected chi connectivity index (χ4v) is 3.91. The highest BCUT2D eigenvalue weighted by Crippen LogP contribution is 2.30. The molecule has 0 aliphatic carbocycles. The predicted molar refractivity (Wildman–Crippen MR) is 131 cm³/mol. The minimum Gasteiger partial charge on any atom is -0.478 e. The van der Waals surface area contributed by atoms with Crippen molar-refractivity contribution in [3.05, 3.63) is 107 Å². The number of carbonyl (C=O) groups excluding carboxylic acids is 1. The Morgan fingerprint density at radius 1 is 0.882 bits per heavy atom. The zero-order valence-electron chi connectivity index (χ0n) is 17.7. The summed E-state index contributed by atoms with van der Waals surface area (Å²) in [6.45, 7) is 0. The summed E-state index contributed by atoms with van der Waals surface area (Å²) in [7, 11) is 0. The number of hydrogen-bond donors (Lipinski definition) is 2. The number of carbonyl (C=O) groups is 2. The van der Waals surface area contributed by atoms with Crippen LogP contribution in [-0.2, 0) is 0 Å². The Morgan fingerprint density at radius 2 is 1.62 bits per heavy atom. The number of rotatable bonds is 5. The number of fused-ring (bicyclic) bond motifs is 1. The summed E-state index contributed by atoms with van der Waals surface area (Å²) in [4.78, 5) is 29.0. The summed E-state index contributed by atoms with van der Waals surface area (Å²) in [5.41, 5.74) is 3.31. The second-order valence-electron chi connectivity index (χ2n) is 7.55. The number of furan rings is 1. The Morgan fingerprint density at radius 3 is 2.38 bits per heavy atom. The monoisotopic (exact) mass is 468 g/mol. The van der Waals surface area contributed by atoms with E-state index in [1.54, 1.807) is 66.7 Å². The number of carboxylic acids is 1. The molecule has 2 aromatic heterocycles. The van der Waals surface area contributed by atoms with Gasteiger partial charge in [-0.2, -0.15) is 0 Å². The Hall–Kier alpha value is -4.42. The molecule has 2 heterocycles. The number of nitrogens with one attached hydrogen (secondary N) is 1. The molecule has 0 fully saturated rings. The Bertz CT molecular complexity index is 1540. The van der Waals surface area contributed by atoms with Crippen LogP contribution in [0.3, 0.4) is 0 Å². The van der Waals surface area contributed by atoms with E-state index in [2.05, 4.69) is 10.3 Å². The third kappa shape index (κ3) is 4.14. The molecular weight excluding hydrogens is 452 g/mol. The van der Waals surface area contributed by atoms with Crippen molar-refractivity contribution in [3.63, 3.8) is 0 Å². The van der Waals surface area contributed by atoms with Crippen LogP contribution in [0.4, 0.5) is 5.69 Å². The fraction of sp³-hybridized carbons (Fsp3) is 0. The molecule has 0 aliphatic heterocycles. The number of anilines is 1. The maximum Gasteiger partial charge on any atom is 0.336 e. The molecule has 0 spiro atoms. The number of pyridine rings is 1. The molecule has 0 unspecified atom stereocenters.